The average Bonchev–Trinajstić information content (AvgIpc) is 2.72. The Hall–Kier alpha value is -1.88. The van der Waals surface area contributed by atoms with E-state index in [2.05, 4.69) is 81.4 Å². The van der Waals surface area contributed by atoms with E-state index in [4.69, 9.17) is 13.9 Å². The molecule has 3 rings (SSSR count). The van der Waals surface area contributed by atoms with Crippen molar-refractivity contribution in [2.75, 3.05) is 13.7 Å². The summed E-state index contributed by atoms with van der Waals surface area (Å²) in [5.41, 5.74) is 0. The quantitative estimate of drug-likeness (QED) is 0.654. The van der Waals surface area contributed by atoms with Gasteiger partial charge in [-0.15, -0.1) is 0 Å². The Morgan fingerprint density at radius 1 is 0.964 bits per heavy atom. The number of hydrogen-bond donors (Lipinski definition) is 0. The van der Waals surface area contributed by atoms with Crippen molar-refractivity contribution in [1.82, 2.24) is 0 Å². The molecule has 0 aromatic heterocycles. The fourth-order valence-electron chi connectivity index (χ4n) is 4.10. The van der Waals surface area contributed by atoms with E-state index in [9.17, 15) is 0 Å². The Labute approximate surface area is 170 Å². The molecule has 3 nitrogen and oxygen atoms in total. The Kier molecular flexibility index (Phi) is 6.76. The number of methoxy groups -OCH3 is 1. The molecule has 2 aromatic rings. The van der Waals surface area contributed by atoms with Gasteiger partial charge in [-0.1, -0.05) is 81.4 Å². The lowest BCUT2D eigenvalue weighted by Crippen LogP contribution is -2.66. The van der Waals surface area contributed by atoms with Gasteiger partial charge in [-0.05, 0) is 21.5 Å². The highest BCUT2D eigenvalue weighted by atomic mass is 28.4. The van der Waals surface area contributed by atoms with Crippen LogP contribution in [0.5, 0.6) is 0 Å². The van der Waals surface area contributed by atoms with Crippen LogP contribution in [0, 0.1) is 0 Å². The third kappa shape index (κ3) is 4.40. The maximum atomic E-state index is 6.93. The van der Waals surface area contributed by atoms with Crippen molar-refractivity contribution < 1.29 is 13.9 Å². The van der Waals surface area contributed by atoms with Gasteiger partial charge in [-0.25, -0.2) is 0 Å². The van der Waals surface area contributed by atoms with Gasteiger partial charge in [0.25, 0.3) is 8.32 Å². The molecule has 0 saturated heterocycles. The van der Waals surface area contributed by atoms with Crippen LogP contribution in [0.3, 0.4) is 0 Å². The van der Waals surface area contributed by atoms with Crippen molar-refractivity contribution in [2.45, 2.75) is 50.9 Å². The van der Waals surface area contributed by atoms with Crippen LogP contribution in [0.4, 0.5) is 0 Å². The van der Waals surface area contributed by atoms with Gasteiger partial charge in [0, 0.05) is 26.6 Å². The van der Waals surface area contributed by atoms with Crippen LogP contribution < -0.4 is 10.4 Å². The predicted octanol–water partition coefficient (Wildman–Crippen LogP) is 4.27. The zero-order chi connectivity index (χ0) is 20.0. The van der Waals surface area contributed by atoms with Gasteiger partial charge >= 0.3 is 0 Å². The summed E-state index contributed by atoms with van der Waals surface area (Å²) in [6.45, 7) is 7.59. The van der Waals surface area contributed by atoms with E-state index in [1.807, 2.05) is 6.08 Å². The average molecular weight is 397 g/mol. The van der Waals surface area contributed by atoms with Crippen LogP contribution in [-0.2, 0) is 13.9 Å². The van der Waals surface area contributed by atoms with Gasteiger partial charge in [-0.3, -0.25) is 0 Å². The molecular weight excluding hydrogens is 364 g/mol. The first kappa shape index (κ1) is 20.8. The van der Waals surface area contributed by atoms with Crippen molar-refractivity contribution in [3.63, 3.8) is 0 Å². The minimum atomic E-state index is -2.46. The molecule has 150 valence electrons. The first-order valence-electron chi connectivity index (χ1n) is 10.1. The molecule has 1 heterocycles. The van der Waals surface area contributed by atoms with E-state index in [0.717, 1.165) is 12.8 Å². The van der Waals surface area contributed by atoms with Crippen molar-refractivity contribution >= 4 is 18.7 Å². The Balaban J connectivity index is 1.87. The number of hydrogen-bond acceptors (Lipinski definition) is 3. The summed E-state index contributed by atoms with van der Waals surface area (Å²) in [7, 11) is -0.718. The maximum Gasteiger partial charge on any atom is 0.261 e. The van der Waals surface area contributed by atoms with E-state index in [1.165, 1.54) is 10.4 Å². The SMILES string of the molecule is CO[C@H]1C=CO[C@H](CCO[Si](c2ccccc2)(c2ccccc2)C(C)(C)C)C1. The van der Waals surface area contributed by atoms with Crippen molar-refractivity contribution in [1.29, 1.82) is 0 Å². The number of rotatable bonds is 7. The molecule has 0 N–H and O–H groups in total. The topological polar surface area (TPSA) is 27.7 Å². The summed E-state index contributed by atoms with van der Waals surface area (Å²) in [6, 6.07) is 21.5. The van der Waals surface area contributed by atoms with Crippen LogP contribution >= 0.6 is 0 Å². The molecule has 0 spiro atoms. The first-order chi connectivity index (χ1) is 13.5. The van der Waals surface area contributed by atoms with Crippen LogP contribution in [0.2, 0.25) is 5.04 Å². The fourth-order valence-corrected chi connectivity index (χ4v) is 8.68. The number of ether oxygens (including phenoxy) is 2. The Morgan fingerprint density at radius 2 is 1.54 bits per heavy atom. The van der Waals surface area contributed by atoms with Crippen molar-refractivity contribution in [2.24, 2.45) is 0 Å². The molecule has 4 heteroatoms. The van der Waals surface area contributed by atoms with Gasteiger partial charge < -0.3 is 13.9 Å². The van der Waals surface area contributed by atoms with Gasteiger partial charge in [0.1, 0.15) is 6.10 Å². The van der Waals surface area contributed by atoms with Crippen molar-refractivity contribution in [3.05, 3.63) is 73.0 Å². The second-order valence-electron chi connectivity index (χ2n) is 8.40. The molecule has 0 radical (unpaired) electrons. The zero-order valence-electron chi connectivity index (χ0n) is 17.4. The lowest BCUT2D eigenvalue weighted by Gasteiger charge is -2.43. The van der Waals surface area contributed by atoms with Crippen LogP contribution in [0.1, 0.15) is 33.6 Å². The summed E-state index contributed by atoms with van der Waals surface area (Å²) < 4.78 is 18.2. The summed E-state index contributed by atoms with van der Waals surface area (Å²) in [4.78, 5) is 0. The molecule has 0 amide bonds. The first-order valence-corrected chi connectivity index (χ1v) is 12.0. The standard InChI is InChI=1S/C24H32O3Si/c1-24(2,3)28(22-11-7-5-8-12-22,23-13-9-6-10-14-23)27-18-16-21-19-20(25-4)15-17-26-21/h5-15,17,20-21H,16,18-19H2,1-4H3/t20-,21+/m0/s1. The molecule has 0 saturated carbocycles. The Morgan fingerprint density at radius 3 is 2.04 bits per heavy atom. The monoisotopic (exact) mass is 396 g/mol. The molecule has 2 atom stereocenters. The molecule has 1 aliphatic heterocycles. The second-order valence-corrected chi connectivity index (χ2v) is 12.7. The minimum absolute atomic E-state index is 0.00189. The van der Waals surface area contributed by atoms with Crippen LogP contribution in [0.15, 0.2) is 73.0 Å². The lowest BCUT2D eigenvalue weighted by atomic mass is 10.1. The van der Waals surface area contributed by atoms with E-state index in [0.29, 0.717) is 6.61 Å². The Bertz CT molecular complexity index is 713. The smallest absolute Gasteiger partial charge is 0.261 e. The third-order valence-corrected chi connectivity index (χ3v) is 10.6. The van der Waals surface area contributed by atoms with Gasteiger partial charge in [-0.2, -0.15) is 0 Å². The van der Waals surface area contributed by atoms with Gasteiger partial charge in [0.05, 0.1) is 12.4 Å². The predicted molar refractivity (Wildman–Crippen MR) is 118 cm³/mol. The van der Waals surface area contributed by atoms with Crippen molar-refractivity contribution in [3.8, 4) is 0 Å². The van der Waals surface area contributed by atoms with E-state index < -0.39 is 8.32 Å². The van der Waals surface area contributed by atoms with E-state index in [1.54, 1.807) is 13.4 Å². The molecule has 0 fully saturated rings. The van der Waals surface area contributed by atoms with E-state index >= 15 is 0 Å². The summed E-state index contributed by atoms with van der Waals surface area (Å²) in [5, 5.41) is 2.62. The van der Waals surface area contributed by atoms with Gasteiger partial charge in [0.2, 0.25) is 0 Å². The molecule has 28 heavy (non-hydrogen) atoms. The molecule has 0 unspecified atom stereocenters. The lowest BCUT2D eigenvalue weighted by molar-refractivity contribution is 0.0292. The van der Waals surface area contributed by atoms with Gasteiger partial charge in [0.15, 0.2) is 0 Å². The highest BCUT2D eigenvalue weighted by Gasteiger charge is 2.50. The molecule has 2 aromatic carbocycles. The molecule has 0 aliphatic carbocycles. The highest BCUT2D eigenvalue weighted by molar-refractivity contribution is 6.99. The number of benzene rings is 2. The maximum absolute atomic E-state index is 6.93. The fraction of sp³-hybridized carbons (Fsp3) is 0.417. The highest BCUT2D eigenvalue weighted by Crippen LogP contribution is 2.37. The van der Waals surface area contributed by atoms with Crippen LogP contribution in [0.25, 0.3) is 0 Å². The molecule has 1 aliphatic rings. The summed E-state index contributed by atoms with van der Waals surface area (Å²) in [5.74, 6) is 0. The molecular formula is C24H32O3Si. The third-order valence-electron chi connectivity index (χ3n) is 5.54. The van der Waals surface area contributed by atoms with Crippen LogP contribution in [-0.4, -0.2) is 34.2 Å². The normalized spacial score (nSPS) is 20.0. The minimum Gasteiger partial charge on any atom is -0.498 e. The largest absolute Gasteiger partial charge is 0.498 e. The van der Waals surface area contributed by atoms with E-state index in [-0.39, 0.29) is 17.2 Å². The zero-order valence-corrected chi connectivity index (χ0v) is 18.4. The second kappa shape index (κ2) is 9.08. The molecule has 0 bridgehead atoms. The summed E-state index contributed by atoms with van der Waals surface area (Å²) >= 11 is 0. The summed E-state index contributed by atoms with van der Waals surface area (Å²) in [6.07, 6.45) is 5.73.